The van der Waals surface area contributed by atoms with E-state index < -0.39 is 11.7 Å². The number of carbonyl (C=O) groups is 1. The molecule has 134 valence electrons. The number of hydrogen-bond donors (Lipinski definition) is 3. The highest BCUT2D eigenvalue weighted by molar-refractivity contribution is 5.77. The summed E-state index contributed by atoms with van der Waals surface area (Å²) in [6.07, 6.45) is 2.51. The molecule has 0 aliphatic carbocycles. The van der Waals surface area contributed by atoms with Crippen molar-refractivity contribution in [3.05, 3.63) is 18.0 Å². The Hall–Kier alpha value is -1.81. The van der Waals surface area contributed by atoms with Crippen LogP contribution >= 0.6 is 0 Å². The van der Waals surface area contributed by atoms with Crippen LogP contribution in [0.15, 0.2) is 12.4 Å². The molecular weight excluding hydrogens is 314 g/mol. The van der Waals surface area contributed by atoms with Crippen molar-refractivity contribution in [2.75, 3.05) is 52.3 Å². The molecule has 2 rings (SSSR count). The molecule has 0 saturated carbocycles. The van der Waals surface area contributed by atoms with Gasteiger partial charge in [0.1, 0.15) is 12.2 Å². The molecule has 0 aromatic carbocycles. The van der Waals surface area contributed by atoms with Crippen LogP contribution in [0.4, 0.5) is 5.95 Å². The monoisotopic (exact) mass is 339 g/mol. The third-order valence-corrected chi connectivity index (χ3v) is 3.91. The van der Waals surface area contributed by atoms with Gasteiger partial charge in [0, 0.05) is 58.8 Å². The van der Waals surface area contributed by atoms with Crippen LogP contribution in [0.25, 0.3) is 0 Å². The fourth-order valence-electron chi connectivity index (χ4n) is 2.62. The first-order valence-corrected chi connectivity index (χ1v) is 7.71. The van der Waals surface area contributed by atoms with Gasteiger partial charge in [0.2, 0.25) is 11.9 Å². The quantitative estimate of drug-likeness (QED) is 0.534. The molecule has 9 nitrogen and oxygen atoms in total. The number of rotatable bonds is 7. The van der Waals surface area contributed by atoms with Gasteiger partial charge in [0.05, 0.1) is 12.6 Å². The first-order chi connectivity index (χ1) is 11.3. The molecule has 2 atom stereocenters. The van der Waals surface area contributed by atoms with Gasteiger partial charge in [-0.15, -0.1) is 0 Å². The molecule has 1 fully saturated rings. The maximum absolute atomic E-state index is 11.4. The van der Waals surface area contributed by atoms with Gasteiger partial charge in [-0.05, 0) is 0 Å². The Morgan fingerprint density at radius 3 is 2.75 bits per heavy atom. The number of anilines is 1. The first-order valence-electron chi connectivity index (χ1n) is 7.71. The standard InChI is InChI=1S/C15H25N5O4/c1-19(2)14-16-4-11(5-17-14)6-20-7-12(21)15(23,10-20)9-18-13(22)8-24-3/h4-5,12,21,23H,6-10H2,1-3H3,(H,18,22)/t12-,15+/m1/s1. The molecule has 1 saturated heterocycles. The Bertz CT molecular complexity index is 553. The van der Waals surface area contributed by atoms with Crippen molar-refractivity contribution < 1.29 is 19.7 Å². The number of methoxy groups -OCH3 is 1. The Labute approximate surface area is 141 Å². The normalized spacial score (nSPS) is 24.1. The molecule has 0 unspecified atom stereocenters. The van der Waals surface area contributed by atoms with Crippen LogP contribution in [0.2, 0.25) is 0 Å². The minimum absolute atomic E-state index is 0.0249. The maximum atomic E-state index is 11.4. The SMILES string of the molecule is COCC(=O)NC[C@]1(O)CN(Cc2cnc(N(C)C)nc2)C[C@H]1O. The number of nitrogens with zero attached hydrogens (tertiary/aromatic N) is 4. The van der Waals surface area contributed by atoms with E-state index in [0.717, 1.165) is 5.56 Å². The molecule has 0 spiro atoms. The molecule has 0 radical (unpaired) electrons. The van der Waals surface area contributed by atoms with Crippen molar-refractivity contribution >= 4 is 11.9 Å². The zero-order valence-corrected chi connectivity index (χ0v) is 14.3. The zero-order chi connectivity index (χ0) is 17.7. The van der Waals surface area contributed by atoms with E-state index in [4.69, 9.17) is 4.74 Å². The van der Waals surface area contributed by atoms with E-state index in [2.05, 4.69) is 15.3 Å². The lowest BCUT2D eigenvalue weighted by Crippen LogP contribution is -2.51. The maximum Gasteiger partial charge on any atom is 0.246 e. The van der Waals surface area contributed by atoms with Crippen molar-refractivity contribution in [1.29, 1.82) is 0 Å². The number of aromatic nitrogens is 2. The van der Waals surface area contributed by atoms with Gasteiger partial charge < -0.3 is 25.2 Å². The lowest BCUT2D eigenvalue weighted by molar-refractivity contribution is -0.126. The molecule has 3 N–H and O–H groups in total. The predicted octanol–water partition coefficient (Wildman–Crippen LogP) is -1.79. The van der Waals surface area contributed by atoms with E-state index in [1.54, 1.807) is 12.4 Å². The van der Waals surface area contributed by atoms with Crippen molar-refractivity contribution in [3.63, 3.8) is 0 Å². The summed E-state index contributed by atoms with van der Waals surface area (Å²) in [5.41, 5.74) is -0.492. The summed E-state index contributed by atoms with van der Waals surface area (Å²) >= 11 is 0. The van der Waals surface area contributed by atoms with Crippen LogP contribution in [0.1, 0.15) is 5.56 Å². The molecule has 1 aromatic heterocycles. The Morgan fingerprint density at radius 2 is 2.17 bits per heavy atom. The summed E-state index contributed by atoms with van der Waals surface area (Å²) in [5.74, 6) is 0.293. The van der Waals surface area contributed by atoms with E-state index in [1.807, 2.05) is 23.9 Å². The number of amides is 1. The zero-order valence-electron chi connectivity index (χ0n) is 14.3. The topological polar surface area (TPSA) is 111 Å². The molecule has 1 aliphatic rings. The second-order valence-corrected chi connectivity index (χ2v) is 6.28. The van der Waals surface area contributed by atoms with Crippen LogP contribution in [0, 0.1) is 0 Å². The minimum Gasteiger partial charge on any atom is -0.389 e. The summed E-state index contributed by atoms with van der Waals surface area (Å²) in [6.45, 7) is 0.969. The van der Waals surface area contributed by atoms with E-state index in [9.17, 15) is 15.0 Å². The number of likely N-dealkylation sites (tertiary alicyclic amines) is 1. The number of nitrogens with one attached hydrogen (secondary N) is 1. The number of carbonyl (C=O) groups excluding carboxylic acids is 1. The lowest BCUT2D eigenvalue weighted by Gasteiger charge is -2.26. The molecule has 24 heavy (non-hydrogen) atoms. The van der Waals surface area contributed by atoms with Gasteiger partial charge in [0.15, 0.2) is 0 Å². The summed E-state index contributed by atoms with van der Waals surface area (Å²) in [6, 6.07) is 0. The highest BCUT2D eigenvalue weighted by atomic mass is 16.5. The van der Waals surface area contributed by atoms with Crippen molar-refractivity contribution in [2.24, 2.45) is 0 Å². The van der Waals surface area contributed by atoms with Gasteiger partial charge in [-0.1, -0.05) is 0 Å². The smallest absolute Gasteiger partial charge is 0.246 e. The summed E-state index contributed by atoms with van der Waals surface area (Å²) in [4.78, 5) is 23.7. The largest absolute Gasteiger partial charge is 0.389 e. The fourth-order valence-corrected chi connectivity index (χ4v) is 2.62. The molecule has 0 bridgehead atoms. The van der Waals surface area contributed by atoms with E-state index in [1.165, 1.54) is 7.11 Å². The van der Waals surface area contributed by atoms with Crippen LogP contribution in [-0.4, -0.2) is 90.1 Å². The predicted molar refractivity (Wildman–Crippen MR) is 87.5 cm³/mol. The van der Waals surface area contributed by atoms with Crippen LogP contribution in [0.5, 0.6) is 0 Å². The van der Waals surface area contributed by atoms with E-state index >= 15 is 0 Å². The molecule has 1 aromatic rings. The van der Waals surface area contributed by atoms with Crippen LogP contribution in [-0.2, 0) is 16.1 Å². The molecule has 1 aliphatic heterocycles. The minimum atomic E-state index is -1.38. The average Bonchev–Trinajstić information content (AvgIpc) is 2.81. The number of hydrogen-bond acceptors (Lipinski definition) is 8. The van der Waals surface area contributed by atoms with Crippen LogP contribution in [0.3, 0.4) is 0 Å². The molecule has 2 heterocycles. The van der Waals surface area contributed by atoms with E-state index in [0.29, 0.717) is 19.0 Å². The highest BCUT2D eigenvalue weighted by Crippen LogP contribution is 2.23. The van der Waals surface area contributed by atoms with E-state index in [-0.39, 0.29) is 25.6 Å². The van der Waals surface area contributed by atoms with Gasteiger partial charge in [-0.3, -0.25) is 9.69 Å². The highest BCUT2D eigenvalue weighted by Gasteiger charge is 2.44. The summed E-state index contributed by atoms with van der Waals surface area (Å²) in [5, 5.41) is 23.3. The van der Waals surface area contributed by atoms with Crippen molar-refractivity contribution in [1.82, 2.24) is 20.2 Å². The van der Waals surface area contributed by atoms with Gasteiger partial charge >= 0.3 is 0 Å². The van der Waals surface area contributed by atoms with Gasteiger partial charge in [-0.25, -0.2) is 9.97 Å². The summed E-state index contributed by atoms with van der Waals surface area (Å²) in [7, 11) is 5.15. The average molecular weight is 339 g/mol. The second kappa shape index (κ2) is 7.84. The Morgan fingerprint density at radius 1 is 1.50 bits per heavy atom. The first kappa shape index (κ1) is 18.5. The molecular formula is C15H25N5O4. The second-order valence-electron chi connectivity index (χ2n) is 6.28. The van der Waals surface area contributed by atoms with Crippen LogP contribution < -0.4 is 10.2 Å². The third kappa shape index (κ3) is 4.60. The van der Waals surface area contributed by atoms with Crippen molar-refractivity contribution in [2.45, 2.75) is 18.2 Å². The number of β-amino-alcohol motifs (C(OH)–C–C–N with tert-alkyl or cyclic N) is 2. The van der Waals surface area contributed by atoms with Gasteiger partial charge in [-0.2, -0.15) is 0 Å². The lowest BCUT2D eigenvalue weighted by atomic mass is 10.0. The van der Waals surface area contributed by atoms with Gasteiger partial charge in [0.25, 0.3) is 0 Å². The number of ether oxygens (including phenoxy) is 1. The summed E-state index contributed by atoms with van der Waals surface area (Å²) < 4.78 is 4.72. The molecule has 1 amide bonds. The third-order valence-electron chi connectivity index (χ3n) is 3.91. The van der Waals surface area contributed by atoms with Crippen molar-refractivity contribution in [3.8, 4) is 0 Å². The number of aliphatic hydroxyl groups excluding tert-OH is 1. The molecule has 9 heteroatoms. The Kier molecular flexibility index (Phi) is 6.05. The number of aliphatic hydroxyl groups is 2. The fraction of sp³-hybridized carbons (Fsp3) is 0.667. The Balaban J connectivity index is 1.91.